The van der Waals surface area contributed by atoms with Crippen molar-refractivity contribution in [3.63, 3.8) is 0 Å². The molecule has 1 N–H and O–H groups in total. The molecule has 22 heavy (non-hydrogen) atoms. The van der Waals surface area contributed by atoms with Crippen molar-refractivity contribution in [3.8, 4) is 5.69 Å². The summed E-state index contributed by atoms with van der Waals surface area (Å²) in [5.74, 6) is 1.37. The van der Waals surface area contributed by atoms with Gasteiger partial charge >= 0.3 is 0 Å². The molecule has 0 saturated carbocycles. The van der Waals surface area contributed by atoms with Crippen LogP contribution in [0.25, 0.3) is 5.69 Å². The monoisotopic (exact) mass is 313 g/mol. The zero-order valence-electron chi connectivity index (χ0n) is 12.4. The zero-order valence-corrected chi connectivity index (χ0v) is 13.1. The average molecular weight is 314 g/mol. The molecule has 0 fully saturated rings. The Balaban J connectivity index is 1.76. The standard InChI is InChI=1S/C16H16ClN5/c1-11(19-16-10-15(17)20-12(2)21-16)13-4-6-14(7-5-13)22-9-3-8-18-22/h3-11H,1-2H3,(H,19,20,21). The number of nitrogens with zero attached hydrogens (tertiary/aromatic N) is 4. The number of rotatable bonds is 4. The van der Waals surface area contributed by atoms with Crippen molar-refractivity contribution in [2.45, 2.75) is 19.9 Å². The van der Waals surface area contributed by atoms with Gasteiger partial charge in [-0.15, -0.1) is 0 Å². The molecule has 0 amide bonds. The first kappa shape index (κ1) is 14.5. The Morgan fingerprint density at radius 3 is 2.59 bits per heavy atom. The van der Waals surface area contributed by atoms with E-state index >= 15 is 0 Å². The third kappa shape index (κ3) is 3.26. The van der Waals surface area contributed by atoms with Gasteiger partial charge in [-0.2, -0.15) is 5.10 Å². The maximum absolute atomic E-state index is 5.96. The lowest BCUT2D eigenvalue weighted by atomic mass is 10.1. The molecular weight excluding hydrogens is 298 g/mol. The molecule has 0 aliphatic rings. The first-order valence-electron chi connectivity index (χ1n) is 6.99. The SMILES string of the molecule is Cc1nc(Cl)cc(NC(C)c2ccc(-n3cccn3)cc2)n1. The van der Waals surface area contributed by atoms with Gasteiger partial charge in [0.05, 0.1) is 5.69 Å². The summed E-state index contributed by atoms with van der Waals surface area (Å²) in [5, 5.41) is 7.99. The second-order valence-corrected chi connectivity index (χ2v) is 5.42. The van der Waals surface area contributed by atoms with E-state index in [1.807, 2.05) is 36.0 Å². The maximum Gasteiger partial charge on any atom is 0.134 e. The lowest BCUT2D eigenvalue weighted by Crippen LogP contribution is -2.09. The normalized spacial score (nSPS) is 12.1. The van der Waals surface area contributed by atoms with Crippen molar-refractivity contribution in [1.29, 1.82) is 0 Å². The van der Waals surface area contributed by atoms with Gasteiger partial charge in [0.1, 0.15) is 16.8 Å². The molecule has 112 valence electrons. The second kappa shape index (κ2) is 6.15. The lowest BCUT2D eigenvalue weighted by molar-refractivity contribution is 0.855. The summed E-state index contributed by atoms with van der Waals surface area (Å²) >= 11 is 5.96. The van der Waals surface area contributed by atoms with Gasteiger partial charge < -0.3 is 5.32 Å². The fourth-order valence-corrected chi connectivity index (χ4v) is 2.47. The van der Waals surface area contributed by atoms with Gasteiger partial charge in [0.15, 0.2) is 0 Å². The summed E-state index contributed by atoms with van der Waals surface area (Å²) in [6.45, 7) is 3.90. The fourth-order valence-electron chi connectivity index (χ4n) is 2.25. The molecule has 0 saturated heterocycles. The molecule has 1 atom stereocenters. The maximum atomic E-state index is 5.96. The number of halogens is 1. The summed E-state index contributed by atoms with van der Waals surface area (Å²) < 4.78 is 1.83. The first-order valence-corrected chi connectivity index (χ1v) is 7.37. The number of aromatic nitrogens is 4. The average Bonchev–Trinajstić information content (AvgIpc) is 3.00. The molecule has 1 aromatic carbocycles. The van der Waals surface area contributed by atoms with E-state index in [-0.39, 0.29) is 6.04 Å². The van der Waals surface area contributed by atoms with E-state index in [2.05, 4.69) is 39.4 Å². The van der Waals surface area contributed by atoms with Gasteiger partial charge in [-0.3, -0.25) is 0 Å². The minimum absolute atomic E-state index is 0.108. The van der Waals surface area contributed by atoms with E-state index in [0.29, 0.717) is 11.0 Å². The molecule has 0 spiro atoms. The Bertz CT molecular complexity index is 732. The highest BCUT2D eigenvalue weighted by Gasteiger charge is 2.08. The Labute approximate surface area is 134 Å². The van der Waals surface area contributed by atoms with E-state index in [9.17, 15) is 0 Å². The van der Waals surface area contributed by atoms with Crippen molar-refractivity contribution in [1.82, 2.24) is 19.7 Å². The fraction of sp³-hybridized carbons (Fsp3) is 0.188. The van der Waals surface area contributed by atoms with E-state index in [0.717, 1.165) is 17.1 Å². The van der Waals surface area contributed by atoms with Crippen LogP contribution in [0.4, 0.5) is 5.82 Å². The van der Waals surface area contributed by atoms with Crippen LogP contribution in [0.3, 0.4) is 0 Å². The Morgan fingerprint density at radius 2 is 1.95 bits per heavy atom. The van der Waals surface area contributed by atoms with Gasteiger partial charge in [-0.25, -0.2) is 14.6 Å². The highest BCUT2D eigenvalue weighted by atomic mass is 35.5. The molecule has 0 bridgehead atoms. The van der Waals surface area contributed by atoms with Crippen molar-refractivity contribution in [3.05, 3.63) is 65.3 Å². The summed E-state index contributed by atoms with van der Waals surface area (Å²) in [7, 11) is 0. The molecule has 5 nitrogen and oxygen atoms in total. The van der Waals surface area contributed by atoms with Gasteiger partial charge in [-0.05, 0) is 37.6 Å². The van der Waals surface area contributed by atoms with Crippen molar-refractivity contribution >= 4 is 17.4 Å². The molecule has 2 heterocycles. The van der Waals surface area contributed by atoms with Crippen LogP contribution in [0.5, 0.6) is 0 Å². The van der Waals surface area contributed by atoms with Crippen LogP contribution in [0.1, 0.15) is 24.4 Å². The predicted octanol–water partition coefficient (Wildman–Crippen LogP) is 3.80. The first-order chi connectivity index (χ1) is 10.6. The number of aryl methyl sites for hydroxylation is 1. The van der Waals surface area contributed by atoms with Gasteiger partial charge in [0.25, 0.3) is 0 Å². The minimum atomic E-state index is 0.108. The smallest absolute Gasteiger partial charge is 0.134 e. The predicted molar refractivity (Wildman–Crippen MR) is 87.4 cm³/mol. The van der Waals surface area contributed by atoms with Crippen LogP contribution >= 0.6 is 11.6 Å². The summed E-state index contributed by atoms with van der Waals surface area (Å²) in [4.78, 5) is 8.40. The molecule has 0 aliphatic heterocycles. The number of hydrogen-bond donors (Lipinski definition) is 1. The third-order valence-corrected chi connectivity index (χ3v) is 3.53. The van der Waals surface area contributed by atoms with Crippen molar-refractivity contribution in [2.75, 3.05) is 5.32 Å². The molecule has 6 heteroatoms. The van der Waals surface area contributed by atoms with Gasteiger partial charge in [0.2, 0.25) is 0 Å². The Kier molecular flexibility index (Phi) is 4.06. The van der Waals surface area contributed by atoms with Crippen LogP contribution in [0, 0.1) is 6.92 Å². The number of benzene rings is 1. The quantitative estimate of drug-likeness (QED) is 0.744. The van der Waals surface area contributed by atoms with Gasteiger partial charge in [0, 0.05) is 24.5 Å². The molecule has 3 rings (SSSR count). The molecular formula is C16H16ClN5. The summed E-state index contributed by atoms with van der Waals surface area (Å²) in [5.41, 5.74) is 2.19. The minimum Gasteiger partial charge on any atom is -0.363 e. The van der Waals surface area contributed by atoms with Gasteiger partial charge in [-0.1, -0.05) is 23.7 Å². The molecule has 0 aliphatic carbocycles. The highest BCUT2D eigenvalue weighted by molar-refractivity contribution is 6.29. The number of nitrogens with one attached hydrogen (secondary N) is 1. The van der Waals surface area contributed by atoms with Crippen LogP contribution in [-0.2, 0) is 0 Å². The van der Waals surface area contributed by atoms with E-state index in [1.165, 1.54) is 0 Å². The second-order valence-electron chi connectivity index (χ2n) is 5.03. The van der Waals surface area contributed by atoms with Crippen molar-refractivity contribution in [2.24, 2.45) is 0 Å². The molecule has 2 aromatic heterocycles. The Hall–Kier alpha value is -2.40. The van der Waals surface area contributed by atoms with Crippen LogP contribution in [0.15, 0.2) is 48.8 Å². The van der Waals surface area contributed by atoms with E-state index < -0.39 is 0 Å². The van der Waals surface area contributed by atoms with Crippen LogP contribution in [-0.4, -0.2) is 19.7 Å². The number of hydrogen-bond acceptors (Lipinski definition) is 4. The molecule has 1 unspecified atom stereocenters. The highest BCUT2D eigenvalue weighted by Crippen LogP contribution is 2.20. The summed E-state index contributed by atoms with van der Waals surface area (Å²) in [6.07, 6.45) is 3.68. The van der Waals surface area contributed by atoms with Crippen LogP contribution < -0.4 is 5.32 Å². The molecule has 3 aromatic rings. The van der Waals surface area contributed by atoms with Crippen molar-refractivity contribution < 1.29 is 0 Å². The van der Waals surface area contributed by atoms with Crippen LogP contribution in [0.2, 0.25) is 5.15 Å². The van der Waals surface area contributed by atoms with E-state index in [4.69, 9.17) is 11.6 Å². The molecule has 0 radical (unpaired) electrons. The Morgan fingerprint density at radius 1 is 1.18 bits per heavy atom. The van der Waals surface area contributed by atoms with E-state index in [1.54, 1.807) is 12.3 Å². The number of anilines is 1. The summed E-state index contributed by atoms with van der Waals surface area (Å²) in [6, 6.07) is 12.0. The third-order valence-electron chi connectivity index (χ3n) is 3.33. The topological polar surface area (TPSA) is 55.6 Å². The lowest BCUT2D eigenvalue weighted by Gasteiger charge is -2.16. The largest absolute Gasteiger partial charge is 0.363 e. The zero-order chi connectivity index (χ0) is 15.5.